The third-order valence-corrected chi connectivity index (χ3v) is 10.0. The van der Waals surface area contributed by atoms with E-state index >= 15 is 0 Å². The number of ether oxygens (including phenoxy) is 2. The molecule has 3 aromatic carbocycles. The number of nitrogens with zero attached hydrogens (tertiary/aromatic N) is 4. The fourth-order valence-corrected chi connectivity index (χ4v) is 7.29. The molecule has 260 valence electrons. The number of nitriles is 1. The lowest BCUT2D eigenvalue weighted by Gasteiger charge is -2.48. The molecule has 1 aliphatic carbocycles. The molecule has 0 unspecified atom stereocenters. The summed E-state index contributed by atoms with van der Waals surface area (Å²) in [4.78, 5) is 33.0. The second-order valence-electron chi connectivity index (χ2n) is 13.7. The van der Waals surface area contributed by atoms with E-state index in [1.165, 1.54) is 4.90 Å². The molecule has 2 aliphatic rings. The Balaban J connectivity index is 1.44. The number of hydrogen-bond acceptors (Lipinski definition) is 7. The SMILES string of the molecule is CN(C)c1ccc2c(c1)C(C)(C)c1cc(N(C)C)ccc1C21c2cc(C(=O)NCCOCCOCCCCCCCl)ccc2C(=O)N1C#N. The molecule has 3 aromatic rings. The number of unbranched alkanes of at least 4 members (excludes halogenated alkanes) is 3. The number of fused-ring (bicyclic) bond motifs is 6. The highest BCUT2D eigenvalue weighted by Crippen LogP contribution is 2.58. The van der Waals surface area contributed by atoms with Crippen LogP contribution in [0.4, 0.5) is 11.4 Å². The fraction of sp³-hybridized carbons (Fsp3) is 0.462. The molecule has 10 heteroatoms. The highest BCUT2D eigenvalue weighted by molar-refractivity contribution is 6.17. The van der Waals surface area contributed by atoms with E-state index in [2.05, 4.69) is 47.3 Å². The molecule has 0 radical (unpaired) electrons. The molecule has 2 amide bonds. The number of nitrogens with one attached hydrogen (secondary N) is 1. The van der Waals surface area contributed by atoms with Gasteiger partial charge in [0.2, 0.25) is 0 Å². The van der Waals surface area contributed by atoms with Crippen molar-refractivity contribution in [3.8, 4) is 6.19 Å². The minimum atomic E-state index is -1.25. The zero-order chi connectivity index (χ0) is 35.3. The van der Waals surface area contributed by atoms with Crippen molar-refractivity contribution in [2.45, 2.75) is 50.5 Å². The number of halogens is 1. The Morgan fingerprint density at radius 1 is 0.796 bits per heavy atom. The Kier molecular flexibility index (Phi) is 11.2. The van der Waals surface area contributed by atoms with Gasteiger partial charge in [-0.1, -0.05) is 38.8 Å². The van der Waals surface area contributed by atoms with Crippen LogP contribution in [-0.4, -0.2) is 83.8 Å². The van der Waals surface area contributed by atoms with E-state index in [1.807, 2.05) is 52.5 Å². The predicted molar refractivity (Wildman–Crippen MR) is 195 cm³/mol. The number of benzene rings is 3. The molecular weight excluding hydrogens is 638 g/mol. The molecule has 1 aliphatic heterocycles. The first-order chi connectivity index (χ1) is 23.5. The molecule has 0 fully saturated rings. The van der Waals surface area contributed by atoms with Crippen LogP contribution < -0.4 is 15.1 Å². The summed E-state index contributed by atoms with van der Waals surface area (Å²) in [6.07, 6.45) is 6.54. The van der Waals surface area contributed by atoms with Gasteiger partial charge in [-0.05, 0) is 77.6 Å². The van der Waals surface area contributed by atoms with Crippen LogP contribution >= 0.6 is 11.6 Å². The van der Waals surface area contributed by atoms with Crippen LogP contribution in [0.25, 0.3) is 0 Å². The molecule has 1 N–H and O–H groups in total. The standard InChI is InChI=1S/C39H48ClN5O4/c1-38(2)34-24-28(43(3)4)12-15-31(34)39(32-16-13-29(44(5)6)25-35(32)38)33-23-27(11-14-30(33)37(47)45(39)26-41)36(46)42-18-20-49-22-21-48-19-10-8-7-9-17-40/h11-16,23-25H,7-10,17-22H2,1-6H3,(H,42,46). The average molecular weight is 686 g/mol. The smallest absolute Gasteiger partial charge is 0.268 e. The molecule has 5 rings (SSSR count). The maximum Gasteiger partial charge on any atom is 0.268 e. The van der Waals surface area contributed by atoms with E-state index in [1.54, 1.807) is 18.2 Å². The number of alkyl halides is 1. The second-order valence-corrected chi connectivity index (χ2v) is 14.0. The van der Waals surface area contributed by atoms with Gasteiger partial charge in [0.15, 0.2) is 6.19 Å². The number of rotatable bonds is 15. The monoisotopic (exact) mass is 685 g/mol. The van der Waals surface area contributed by atoms with Crippen molar-refractivity contribution in [3.05, 3.63) is 93.5 Å². The van der Waals surface area contributed by atoms with Crippen LogP contribution in [-0.2, 0) is 20.4 Å². The Bertz CT molecular complexity index is 1670. The van der Waals surface area contributed by atoms with Crippen LogP contribution in [0.15, 0.2) is 54.6 Å². The van der Waals surface area contributed by atoms with E-state index in [0.717, 1.165) is 59.3 Å². The average Bonchev–Trinajstić information content (AvgIpc) is 3.34. The molecular formula is C39H48ClN5O4. The van der Waals surface area contributed by atoms with Gasteiger partial charge in [0, 0.05) is 80.7 Å². The molecule has 1 heterocycles. The van der Waals surface area contributed by atoms with E-state index in [4.69, 9.17) is 21.1 Å². The van der Waals surface area contributed by atoms with E-state index in [-0.39, 0.29) is 11.8 Å². The summed E-state index contributed by atoms with van der Waals surface area (Å²) in [6.45, 7) is 6.70. The summed E-state index contributed by atoms with van der Waals surface area (Å²) in [6, 6.07) is 17.6. The number of hydrogen-bond donors (Lipinski definition) is 1. The van der Waals surface area contributed by atoms with Crippen molar-refractivity contribution in [2.75, 3.05) is 76.8 Å². The van der Waals surface area contributed by atoms with Crippen LogP contribution in [0.2, 0.25) is 0 Å². The number of carbonyl (C=O) groups excluding carboxylic acids is 2. The maximum atomic E-state index is 14.1. The van der Waals surface area contributed by atoms with E-state index < -0.39 is 11.0 Å². The van der Waals surface area contributed by atoms with Crippen LogP contribution in [0.1, 0.15) is 88.1 Å². The summed E-state index contributed by atoms with van der Waals surface area (Å²) in [7, 11) is 7.99. The van der Waals surface area contributed by atoms with Crippen LogP contribution in [0.3, 0.4) is 0 Å². The molecule has 1 spiro atoms. The first-order valence-corrected chi connectivity index (χ1v) is 17.6. The minimum absolute atomic E-state index is 0.278. The van der Waals surface area contributed by atoms with Gasteiger partial charge in [0.05, 0.1) is 19.8 Å². The third-order valence-electron chi connectivity index (χ3n) is 9.78. The largest absolute Gasteiger partial charge is 0.379 e. The number of anilines is 2. The van der Waals surface area contributed by atoms with Crippen LogP contribution in [0.5, 0.6) is 0 Å². The summed E-state index contributed by atoms with van der Waals surface area (Å²) in [5.41, 5.74) is 5.51. The molecule has 0 bridgehead atoms. The molecule has 9 nitrogen and oxygen atoms in total. The summed E-state index contributed by atoms with van der Waals surface area (Å²) in [5, 5.41) is 13.6. The minimum Gasteiger partial charge on any atom is -0.379 e. The van der Waals surface area contributed by atoms with E-state index in [0.29, 0.717) is 55.5 Å². The van der Waals surface area contributed by atoms with E-state index in [9.17, 15) is 14.9 Å². The molecule has 49 heavy (non-hydrogen) atoms. The van der Waals surface area contributed by atoms with Gasteiger partial charge in [-0.25, -0.2) is 4.90 Å². The third kappa shape index (κ3) is 6.74. The lowest BCUT2D eigenvalue weighted by Crippen LogP contribution is -2.49. The Hall–Kier alpha value is -4.10. The lowest BCUT2D eigenvalue weighted by molar-refractivity contribution is 0.0468. The zero-order valence-corrected chi connectivity index (χ0v) is 30.3. The van der Waals surface area contributed by atoms with Crippen molar-refractivity contribution in [2.24, 2.45) is 0 Å². The highest BCUT2D eigenvalue weighted by Gasteiger charge is 2.58. The summed E-state index contributed by atoms with van der Waals surface area (Å²) in [5.74, 6) is 0.0376. The van der Waals surface area contributed by atoms with Crippen molar-refractivity contribution in [1.82, 2.24) is 10.2 Å². The fourth-order valence-electron chi connectivity index (χ4n) is 7.11. The predicted octanol–water partition coefficient (Wildman–Crippen LogP) is 6.25. The van der Waals surface area contributed by atoms with Gasteiger partial charge < -0.3 is 24.6 Å². The van der Waals surface area contributed by atoms with Crippen molar-refractivity contribution < 1.29 is 19.1 Å². The normalized spacial score (nSPS) is 15.0. The molecule has 0 atom stereocenters. The van der Waals surface area contributed by atoms with Gasteiger partial charge in [-0.15, -0.1) is 11.6 Å². The highest BCUT2D eigenvalue weighted by atomic mass is 35.5. The zero-order valence-electron chi connectivity index (χ0n) is 29.6. The maximum absolute atomic E-state index is 14.1. The molecule has 0 saturated heterocycles. The molecule has 0 saturated carbocycles. The molecule has 0 aromatic heterocycles. The van der Waals surface area contributed by atoms with Gasteiger partial charge in [0.1, 0.15) is 5.54 Å². The van der Waals surface area contributed by atoms with Gasteiger partial charge in [-0.2, -0.15) is 5.26 Å². The Morgan fingerprint density at radius 3 is 1.96 bits per heavy atom. The van der Waals surface area contributed by atoms with Gasteiger partial charge >= 0.3 is 0 Å². The van der Waals surface area contributed by atoms with Crippen molar-refractivity contribution in [1.29, 1.82) is 5.26 Å². The quantitative estimate of drug-likeness (QED) is 0.115. The van der Waals surface area contributed by atoms with Gasteiger partial charge in [-0.3, -0.25) is 9.59 Å². The summed E-state index contributed by atoms with van der Waals surface area (Å²) < 4.78 is 11.3. The first-order valence-electron chi connectivity index (χ1n) is 17.0. The second kappa shape index (κ2) is 15.2. The van der Waals surface area contributed by atoms with Crippen molar-refractivity contribution >= 4 is 34.8 Å². The number of amides is 2. The lowest BCUT2D eigenvalue weighted by atomic mass is 9.60. The van der Waals surface area contributed by atoms with Crippen molar-refractivity contribution in [3.63, 3.8) is 0 Å². The van der Waals surface area contributed by atoms with Gasteiger partial charge in [0.25, 0.3) is 11.8 Å². The topological polar surface area (TPSA) is 98.1 Å². The first kappa shape index (κ1) is 36.2. The van der Waals surface area contributed by atoms with Crippen LogP contribution in [0, 0.1) is 11.5 Å². The Labute approximate surface area is 295 Å². The summed E-state index contributed by atoms with van der Waals surface area (Å²) >= 11 is 5.71. The number of carbonyl (C=O) groups is 2. The Morgan fingerprint density at radius 2 is 1.39 bits per heavy atom.